The average Bonchev–Trinajstić information content (AvgIpc) is 3.10. The summed E-state index contributed by atoms with van der Waals surface area (Å²) < 4.78 is 0. The smallest absolute Gasteiger partial charge is 0.273 e. The highest BCUT2D eigenvalue weighted by Crippen LogP contribution is 2.18. The first-order valence-corrected chi connectivity index (χ1v) is 9.37. The zero-order chi connectivity index (χ0) is 17.6. The van der Waals surface area contributed by atoms with E-state index >= 15 is 0 Å². The molecule has 25 heavy (non-hydrogen) atoms. The lowest BCUT2D eigenvalue weighted by Crippen LogP contribution is -2.30. The van der Waals surface area contributed by atoms with E-state index in [4.69, 9.17) is 0 Å². The first kappa shape index (κ1) is 17.4. The highest BCUT2D eigenvalue weighted by atomic mass is 32.1. The van der Waals surface area contributed by atoms with Crippen LogP contribution in [0.15, 0.2) is 60.0 Å². The van der Waals surface area contributed by atoms with Crippen molar-refractivity contribution in [2.24, 2.45) is 0 Å². The molecule has 0 saturated carbocycles. The Kier molecular flexibility index (Phi) is 5.61. The zero-order valence-electron chi connectivity index (χ0n) is 14.6. The molecule has 0 aliphatic rings. The molecule has 0 aliphatic carbocycles. The van der Waals surface area contributed by atoms with E-state index in [1.165, 1.54) is 16.7 Å². The van der Waals surface area contributed by atoms with Crippen LogP contribution in [-0.4, -0.2) is 22.3 Å². The van der Waals surface area contributed by atoms with E-state index < -0.39 is 0 Å². The van der Waals surface area contributed by atoms with Gasteiger partial charge in [0, 0.05) is 24.9 Å². The van der Waals surface area contributed by atoms with Crippen LogP contribution in [-0.2, 0) is 13.0 Å². The maximum absolute atomic E-state index is 12.8. The molecule has 0 fully saturated rings. The number of carbonyl (C=O) groups is 1. The van der Waals surface area contributed by atoms with Crippen LogP contribution in [0.5, 0.6) is 0 Å². The molecule has 2 aromatic carbocycles. The first-order valence-electron chi connectivity index (χ1n) is 8.49. The van der Waals surface area contributed by atoms with Gasteiger partial charge in [-0.05, 0) is 30.5 Å². The van der Waals surface area contributed by atoms with Gasteiger partial charge in [-0.2, -0.15) is 0 Å². The van der Waals surface area contributed by atoms with Gasteiger partial charge in [0.1, 0.15) is 5.69 Å². The second kappa shape index (κ2) is 8.08. The molecular formula is C21H22N2OS. The van der Waals surface area contributed by atoms with Crippen LogP contribution in [0.2, 0.25) is 0 Å². The Balaban J connectivity index is 1.72. The quantitative estimate of drug-likeness (QED) is 0.645. The standard InChI is InChI=1S/C21H22N2OS/c1-3-23(14-18-12-8-7-9-16(18)2)21(24)19-15-25-20(22-19)13-17-10-5-4-6-11-17/h4-12,15H,3,13-14H2,1-2H3. The van der Waals surface area contributed by atoms with Crippen molar-refractivity contribution in [3.05, 3.63) is 87.4 Å². The van der Waals surface area contributed by atoms with Crippen molar-refractivity contribution < 1.29 is 4.79 Å². The van der Waals surface area contributed by atoms with Gasteiger partial charge in [0.25, 0.3) is 5.91 Å². The zero-order valence-corrected chi connectivity index (χ0v) is 15.4. The van der Waals surface area contributed by atoms with Gasteiger partial charge in [-0.1, -0.05) is 54.6 Å². The van der Waals surface area contributed by atoms with E-state index in [-0.39, 0.29) is 5.91 Å². The molecule has 0 spiro atoms. The van der Waals surface area contributed by atoms with Gasteiger partial charge in [-0.25, -0.2) is 4.98 Å². The van der Waals surface area contributed by atoms with Crippen LogP contribution in [0, 0.1) is 6.92 Å². The number of aromatic nitrogens is 1. The summed E-state index contributed by atoms with van der Waals surface area (Å²) in [4.78, 5) is 19.2. The molecule has 0 unspecified atom stereocenters. The monoisotopic (exact) mass is 350 g/mol. The Hall–Kier alpha value is -2.46. The van der Waals surface area contributed by atoms with Gasteiger partial charge in [-0.15, -0.1) is 11.3 Å². The molecule has 1 heterocycles. The summed E-state index contributed by atoms with van der Waals surface area (Å²) in [5.41, 5.74) is 4.14. The highest BCUT2D eigenvalue weighted by molar-refractivity contribution is 7.09. The van der Waals surface area contributed by atoms with Crippen molar-refractivity contribution in [2.45, 2.75) is 26.8 Å². The third kappa shape index (κ3) is 4.34. The summed E-state index contributed by atoms with van der Waals surface area (Å²) in [5, 5.41) is 2.85. The number of hydrogen-bond donors (Lipinski definition) is 0. The fourth-order valence-corrected chi connectivity index (χ4v) is 3.55. The predicted molar refractivity (Wildman–Crippen MR) is 103 cm³/mol. The molecular weight excluding hydrogens is 328 g/mol. The molecule has 0 N–H and O–H groups in total. The van der Waals surface area contributed by atoms with Crippen molar-refractivity contribution >= 4 is 17.2 Å². The summed E-state index contributed by atoms with van der Waals surface area (Å²) in [7, 11) is 0. The number of nitrogens with zero attached hydrogens (tertiary/aromatic N) is 2. The van der Waals surface area contributed by atoms with Crippen LogP contribution < -0.4 is 0 Å². The van der Waals surface area contributed by atoms with E-state index in [2.05, 4.69) is 36.2 Å². The maximum Gasteiger partial charge on any atom is 0.273 e. The van der Waals surface area contributed by atoms with E-state index in [1.807, 2.05) is 47.5 Å². The van der Waals surface area contributed by atoms with Crippen molar-refractivity contribution in [3.8, 4) is 0 Å². The first-order chi connectivity index (χ1) is 12.2. The van der Waals surface area contributed by atoms with Crippen LogP contribution in [0.3, 0.4) is 0 Å². The predicted octanol–water partition coefficient (Wildman–Crippen LogP) is 4.70. The van der Waals surface area contributed by atoms with Crippen LogP contribution in [0.4, 0.5) is 0 Å². The number of thiazole rings is 1. The molecule has 0 saturated heterocycles. The van der Waals surface area contributed by atoms with Crippen LogP contribution in [0.1, 0.15) is 39.1 Å². The van der Waals surface area contributed by atoms with Gasteiger partial charge >= 0.3 is 0 Å². The summed E-state index contributed by atoms with van der Waals surface area (Å²) in [6.45, 7) is 5.37. The third-order valence-corrected chi connectivity index (χ3v) is 5.11. The normalized spacial score (nSPS) is 10.6. The van der Waals surface area contributed by atoms with Gasteiger partial charge in [0.2, 0.25) is 0 Å². The lowest BCUT2D eigenvalue weighted by atomic mass is 10.1. The minimum absolute atomic E-state index is 0.00122. The molecule has 128 valence electrons. The molecule has 3 nitrogen and oxygen atoms in total. The lowest BCUT2D eigenvalue weighted by molar-refractivity contribution is 0.0747. The Morgan fingerprint density at radius 2 is 1.80 bits per heavy atom. The third-order valence-electron chi connectivity index (χ3n) is 4.26. The minimum atomic E-state index is 0.00122. The number of aryl methyl sites for hydroxylation is 1. The van der Waals surface area contributed by atoms with Gasteiger partial charge in [0.05, 0.1) is 5.01 Å². The topological polar surface area (TPSA) is 33.2 Å². The van der Waals surface area contributed by atoms with E-state index in [0.717, 1.165) is 11.4 Å². The second-order valence-corrected chi connectivity index (χ2v) is 6.98. The summed E-state index contributed by atoms with van der Waals surface area (Å²) in [6.07, 6.45) is 0.767. The molecule has 1 amide bonds. The minimum Gasteiger partial charge on any atom is -0.333 e. The largest absolute Gasteiger partial charge is 0.333 e. The second-order valence-electron chi connectivity index (χ2n) is 6.03. The average molecular weight is 350 g/mol. The van der Waals surface area contributed by atoms with Crippen molar-refractivity contribution in [2.75, 3.05) is 6.54 Å². The van der Waals surface area contributed by atoms with E-state index in [1.54, 1.807) is 11.3 Å². The Labute approximate surface area is 153 Å². The molecule has 0 aliphatic heterocycles. The molecule has 3 rings (SSSR count). The Bertz CT molecular complexity index is 842. The lowest BCUT2D eigenvalue weighted by Gasteiger charge is -2.21. The van der Waals surface area contributed by atoms with Crippen LogP contribution in [0.25, 0.3) is 0 Å². The summed E-state index contributed by atoms with van der Waals surface area (Å²) in [5.74, 6) is 0.00122. The van der Waals surface area contributed by atoms with Crippen molar-refractivity contribution in [3.63, 3.8) is 0 Å². The molecule has 3 aromatic rings. The number of carbonyl (C=O) groups excluding carboxylic acids is 1. The number of benzene rings is 2. The fourth-order valence-electron chi connectivity index (χ4n) is 2.74. The number of rotatable bonds is 6. The maximum atomic E-state index is 12.8. The van der Waals surface area contributed by atoms with Gasteiger partial charge < -0.3 is 4.90 Å². The van der Waals surface area contributed by atoms with Crippen molar-refractivity contribution in [1.82, 2.24) is 9.88 Å². The fraction of sp³-hybridized carbons (Fsp3) is 0.238. The molecule has 1 aromatic heterocycles. The summed E-state index contributed by atoms with van der Waals surface area (Å²) >= 11 is 1.55. The molecule has 0 bridgehead atoms. The Morgan fingerprint density at radius 1 is 1.08 bits per heavy atom. The number of hydrogen-bond acceptors (Lipinski definition) is 3. The van der Waals surface area contributed by atoms with Crippen molar-refractivity contribution in [1.29, 1.82) is 0 Å². The van der Waals surface area contributed by atoms with Gasteiger partial charge in [-0.3, -0.25) is 4.79 Å². The Morgan fingerprint density at radius 3 is 2.52 bits per heavy atom. The molecule has 4 heteroatoms. The van der Waals surface area contributed by atoms with E-state index in [0.29, 0.717) is 18.8 Å². The summed E-state index contributed by atoms with van der Waals surface area (Å²) in [6, 6.07) is 18.4. The SMILES string of the molecule is CCN(Cc1ccccc1C)C(=O)c1csc(Cc2ccccc2)n1. The molecule has 0 atom stereocenters. The van der Waals surface area contributed by atoms with E-state index in [9.17, 15) is 4.79 Å². The van der Waals surface area contributed by atoms with Crippen LogP contribution >= 0.6 is 11.3 Å². The number of amides is 1. The molecule has 0 radical (unpaired) electrons. The van der Waals surface area contributed by atoms with Gasteiger partial charge in [0.15, 0.2) is 0 Å². The highest BCUT2D eigenvalue weighted by Gasteiger charge is 2.18.